The molecule has 0 bridgehead atoms. The van der Waals surface area contributed by atoms with E-state index >= 15 is 0 Å². The van der Waals surface area contributed by atoms with Gasteiger partial charge in [0.1, 0.15) is 0 Å². The fourth-order valence-corrected chi connectivity index (χ4v) is 1.36. The van der Waals surface area contributed by atoms with Crippen LogP contribution in [0, 0.1) is 5.41 Å². The first kappa shape index (κ1) is 13.0. The Labute approximate surface area is 99.5 Å². The molecular weight excluding hydrogens is 196 g/mol. The van der Waals surface area contributed by atoms with E-state index in [1.165, 1.54) is 5.69 Å². The zero-order valence-electron chi connectivity index (χ0n) is 10.9. The van der Waals surface area contributed by atoms with Gasteiger partial charge in [-0.25, -0.2) is 0 Å². The Hall–Kier alpha value is -1.02. The van der Waals surface area contributed by atoms with E-state index in [9.17, 15) is 0 Å². The molecule has 2 N–H and O–H groups in total. The van der Waals surface area contributed by atoms with Gasteiger partial charge in [-0.05, 0) is 24.5 Å². The van der Waals surface area contributed by atoms with Crippen LogP contribution in [0.3, 0.4) is 0 Å². The smallest absolute Gasteiger partial charge is 0.0340 e. The maximum atomic E-state index is 3.53. The second kappa shape index (κ2) is 5.90. The highest BCUT2D eigenvalue weighted by Crippen LogP contribution is 2.18. The summed E-state index contributed by atoms with van der Waals surface area (Å²) in [5.74, 6) is 0. The van der Waals surface area contributed by atoms with Gasteiger partial charge in [0, 0.05) is 24.8 Å². The Morgan fingerprint density at radius 2 is 1.69 bits per heavy atom. The molecule has 0 aliphatic carbocycles. The molecular formula is C14H24N2. The molecule has 0 aromatic heterocycles. The summed E-state index contributed by atoms with van der Waals surface area (Å²) in [6.45, 7) is 11.0. The zero-order valence-corrected chi connectivity index (χ0v) is 10.9. The molecule has 0 spiro atoms. The molecule has 16 heavy (non-hydrogen) atoms. The summed E-state index contributed by atoms with van der Waals surface area (Å²) < 4.78 is 0. The summed E-state index contributed by atoms with van der Waals surface area (Å²) in [6, 6.07) is 10.8. The van der Waals surface area contributed by atoms with Crippen molar-refractivity contribution in [3.05, 3.63) is 30.3 Å². The van der Waals surface area contributed by atoms with Gasteiger partial charge in [0.25, 0.3) is 0 Å². The Bertz CT molecular complexity index is 287. The van der Waals surface area contributed by atoms with Crippen molar-refractivity contribution in [3.63, 3.8) is 0 Å². The van der Waals surface area contributed by atoms with Crippen LogP contribution < -0.4 is 10.6 Å². The van der Waals surface area contributed by atoms with E-state index in [0.717, 1.165) is 13.1 Å². The third-order valence-electron chi connectivity index (χ3n) is 2.98. The number of rotatable bonds is 5. The van der Waals surface area contributed by atoms with Crippen molar-refractivity contribution >= 4 is 5.69 Å². The third-order valence-corrected chi connectivity index (χ3v) is 2.98. The molecule has 0 saturated carbocycles. The van der Waals surface area contributed by atoms with E-state index in [2.05, 4.69) is 50.5 Å². The van der Waals surface area contributed by atoms with Crippen LogP contribution >= 0.6 is 0 Å². The van der Waals surface area contributed by atoms with Crippen LogP contribution in [0.2, 0.25) is 0 Å². The van der Waals surface area contributed by atoms with Gasteiger partial charge < -0.3 is 10.6 Å². The van der Waals surface area contributed by atoms with Gasteiger partial charge in [-0.2, -0.15) is 0 Å². The van der Waals surface area contributed by atoms with Crippen LogP contribution in [-0.4, -0.2) is 19.1 Å². The minimum absolute atomic E-state index is 0.326. The molecule has 0 heterocycles. The number of hydrogen-bond acceptors (Lipinski definition) is 2. The van der Waals surface area contributed by atoms with Crippen molar-refractivity contribution in [2.45, 2.75) is 33.7 Å². The zero-order chi connectivity index (χ0) is 12.0. The lowest BCUT2D eigenvalue weighted by Gasteiger charge is -2.28. The normalized spacial score (nSPS) is 13.5. The predicted octanol–water partition coefficient (Wildman–Crippen LogP) is 3.12. The molecule has 2 heteroatoms. The minimum Gasteiger partial charge on any atom is -0.384 e. The average Bonchev–Trinajstić information content (AvgIpc) is 2.24. The molecule has 0 aliphatic rings. The molecule has 90 valence electrons. The maximum Gasteiger partial charge on any atom is 0.0340 e. The van der Waals surface area contributed by atoms with Crippen molar-refractivity contribution in [2.24, 2.45) is 5.41 Å². The number of benzene rings is 1. The highest BCUT2D eigenvalue weighted by atomic mass is 15.0. The van der Waals surface area contributed by atoms with Gasteiger partial charge in [-0.3, -0.25) is 0 Å². The van der Waals surface area contributed by atoms with Crippen LogP contribution in [-0.2, 0) is 0 Å². The fourth-order valence-electron chi connectivity index (χ4n) is 1.36. The van der Waals surface area contributed by atoms with Crippen molar-refractivity contribution in [2.75, 3.05) is 18.4 Å². The van der Waals surface area contributed by atoms with Gasteiger partial charge in [0.05, 0.1) is 0 Å². The first-order chi connectivity index (χ1) is 7.50. The molecule has 1 unspecified atom stereocenters. The lowest BCUT2D eigenvalue weighted by molar-refractivity contribution is 0.290. The molecule has 2 nitrogen and oxygen atoms in total. The highest BCUT2D eigenvalue weighted by Gasteiger charge is 2.18. The van der Waals surface area contributed by atoms with Gasteiger partial charge in [-0.15, -0.1) is 0 Å². The SMILES string of the molecule is CC(NCCNc1ccccc1)C(C)(C)C. The van der Waals surface area contributed by atoms with E-state index in [0.29, 0.717) is 11.5 Å². The lowest BCUT2D eigenvalue weighted by atomic mass is 9.88. The summed E-state index contributed by atoms with van der Waals surface area (Å²) in [4.78, 5) is 0. The largest absolute Gasteiger partial charge is 0.384 e. The van der Waals surface area contributed by atoms with Crippen LogP contribution in [0.4, 0.5) is 5.69 Å². The van der Waals surface area contributed by atoms with Crippen molar-refractivity contribution in [1.29, 1.82) is 0 Å². The number of hydrogen-bond donors (Lipinski definition) is 2. The first-order valence-corrected chi connectivity index (χ1v) is 6.02. The van der Waals surface area contributed by atoms with Gasteiger partial charge in [-0.1, -0.05) is 39.0 Å². The fraction of sp³-hybridized carbons (Fsp3) is 0.571. The van der Waals surface area contributed by atoms with Crippen molar-refractivity contribution in [1.82, 2.24) is 5.32 Å². The summed E-state index contributed by atoms with van der Waals surface area (Å²) in [5, 5.41) is 6.92. The van der Waals surface area contributed by atoms with E-state index in [1.807, 2.05) is 18.2 Å². The summed E-state index contributed by atoms with van der Waals surface area (Å²) >= 11 is 0. The standard InChI is InChI=1S/C14H24N2/c1-12(14(2,3)4)15-10-11-16-13-8-6-5-7-9-13/h5-9,12,15-16H,10-11H2,1-4H3. The Morgan fingerprint density at radius 1 is 1.06 bits per heavy atom. The van der Waals surface area contributed by atoms with Gasteiger partial charge in [0.2, 0.25) is 0 Å². The molecule has 0 fully saturated rings. The molecule has 1 aromatic carbocycles. The molecule has 1 atom stereocenters. The molecule has 1 aromatic rings. The topological polar surface area (TPSA) is 24.1 Å². The second-order valence-electron chi connectivity index (χ2n) is 5.33. The summed E-state index contributed by atoms with van der Waals surface area (Å²) in [6.07, 6.45) is 0. The molecule has 0 radical (unpaired) electrons. The number of para-hydroxylation sites is 1. The number of nitrogens with one attached hydrogen (secondary N) is 2. The summed E-state index contributed by atoms with van der Waals surface area (Å²) in [7, 11) is 0. The minimum atomic E-state index is 0.326. The Balaban J connectivity index is 2.18. The molecule has 0 saturated heterocycles. The van der Waals surface area contributed by atoms with Crippen LogP contribution in [0.5, 0.6) is 0 Å². The molecule has 0 amide bonds. The quantitative estimate of drug-likeness (QED) is 0.745. The van der Waals surface area contributed by atoms with Crippen LogP contribution in [0.25, 0.3) is 0 Å². The van der Waals surface area contributed by atoms with Crippen LogP contribution in [0.15, 0.2) is 30.3 Å². The molecule has 1 rings (SSSR count). The van der Waals surface area contributed by atoms with E-state index in [1.54, 1.807) is 0 Å². The van der Waals surface area contributed by atoms with Crippen molar-refractivity contribution in [3.8, 4) is 0 Å². The number of anilines is 1. The predicted molar refractivity (Wildman–Crippen MR) is 71.9 cm³/mol. The first-order valence-electron chi connectivity index (χ1n) is 6.02. The third kappa shape index (κ3) is 4.67. The van der Waals surface area contributed by atoms with E-state index < -0.39 is 0 Å². The van der Waals surface area contributed by atoms with Crippen molar-refractivity contribution < 1.29 is 0 Å². The second-order valence-corrected chi connectivity index (χ2v) is 5.33. The highest BCUT2D eigenvalue weighted by molar-refractivity contribution is 5.42. The maximum absolute atomic E-state index is 3.53. The van der Waals surface area contributed by atoms with E-state index in [-0.39, 0.29) is 0 Å². The molecule has 0 aliphatic heterocycles. The average molecular weight is 220 g/mol. The summed E-state index contributed by atoms with van der Waals surface area (Å²) in [5.41, 5.74) is 1.51. The monoisotopic (exact) mass is 220 g/mol. The Morgan fingerprint density at radius 3 is 2.25 bits per heavy atom. The lowest BCUT2D eigenvalue weighted by Crippen LogP contribution is -2.39. The van der Waals surface area contributed by atoms with E-state index in [4.69, 9.17) is 0 Å². The Kier molecular flexibility index (Phi) is 4.81. The van der Waals surface area contributed by atoms with Gasteiger partial charge in [0.15, 0.2) is 0 Å². The van der Waals surface area contributed by atoms with Crippen LogP contribution in [0.1, 0.15) is 27.7 Å². The van der Waals surface area contributed by atoms with Gasteiger partial charge >= 0.3 is 0 Å².